The Kier molecular flexibility index (Phi) is 3.78. The number of hydrogen-bond acceptors (Lipinski definition) is 3. The fraction of sp³-hybridized carbons (Fsp3) is 0.118. The van der Waals surface area contributed by atoms with E-state index in [-0.39, 0.29) is 18.1 Å². The molecule has 0 saturated heterocycles. The van der Waals surface area contributed by atoms with E-state index in [0.29, 0.717) is 0 Å². The minimum Gasteiger partial charge on any atom is -0.315 e. The third kappa shape index (κ3) is 2.93. The molecule has 0 aliphatic rings. The predicted molar refractivity (Wildman–Crippen MR) is 83.1 cm³/mol. The Bertz CT molecular complexity index is 818. The molecule has 0 aliphatic heterocycles. The molecule has 0 N–H and O–H groups in total. The molecule has 0 bridgehead atoms. The van der Waals surface area contributed by atoms with Gasteiger partial charge in [-0.25, -0.2) is 4.39 Å². The first kappa shape index (κ1) is 14.1. The van der Waals surface area contributed by atoms with Crippen molar-refractivity contribution >= 4 is 22.6 Å². The zero-order valence-corrected chi connectivity index (χ0v) is 12.0. The Morgan fingerprint density at radius 2 is 1.73 bits per heavy atom. The summed E-state index contributed by atoms with van der Waals surface area (Å²) in [5.41, 5.74) is 3.05. The van der Waals surface area contributed by atoms with Crippen molar-refractivity contribution in [2.45, 2.75) is 6.42 Å². The van der Waals surface area contributed by atoms with E-state index in [1.165, 1.54) is 12.1 Å². The summed E-state index contributed by atoms with van der Waals surface area (Å²) in [5.74, 6) is -0.382. The van der Waals surface area contributed by atoms with Crippen LogP contribution in [0.4, 0.5) is 10.1 Å². The van der Waals surface area contributed by atoms with Gasteiger partial charge in [-0.05, 0) is 35.9 Å². The summed E-state index contributed by atoms with van der Waals surface area (Å²) in [6.07, 6.45) is 3.47. The number of halogens is 1. The third-order valence-corrected chi connectivity index (χ3v) is 3.48. The highest BCUT2D eigenvalue weighted by molar-refractivity contribution is 5.95. The first-order chi connectivity index (χ1) is 10.6. The molecular weight excluding hydrogens is 281 g/mol. The third-order valence-electron chi connectivity index (χ3n) is 3.48. The number of likely N-dealkylation sites (N-methyl/N-ethyl adjacent to an activating group) is 1. The lowest BCUT2D eigenvalue weighted by atomic mass is 10.1. The van der Waals surface area contributed by atoms with Gasteiger partial charge < -0.3 is 4.90 Å². The van der Waals surface area contributed by atoms with Crippen molar-refractivity contribution in [3.05, 3.63) is 66.2 Å². The molecule has 1 heterocycles. The van der Waals surface area contributed by atoms with Crippen molar-refractivity contribution < 1.29 is 9.18 Å². The summed E-state index contributed by atoms with van der Waals surface area (Å²) in [4.78, 5) is 22.3. The first-order valence-electron chi connectivity index (χ1n) is 6.85. The summed E-state index contributed by atoms with van der Waals surface area (Å²) in [5, 5.41) is 0. The summed E-state index contributed by atoms with van der Waals surface area (Å²) in [6.45, 7) is 0. The van der Waals surface area contributed by atoms with Gasteiger partial charge in [0.15, 0.2) is 0 Å². The number of carbonyl (C=O) groups excluding carboxylic acids is 1. The Labute approximate surface area is 127 Å². The summed E-state index contributed by atoms with van der Waals surface area (Å²) in [7, 11) is 1.71. The lowest BCUT2D eigenvalue weighted by Crippen LogP contribution is -2.27. The van der Waals surface area contributed by atoms with Crippen LogP contribution in [0.15, 0.2) is 54.9 Å². The van der Waals surface area contributed by atoms with Crippen molar-refractivity contribution in [3.63, 3.8) is 0 Å². The van der Waals surface area contributed by atoms with E-state index in [1.54, 1.807) is 36.5 Å². The SMILES string of the molecule is CN(C(=O)Cc1ccc(F)cc1)c1ccc2nccnc2c1. The zero-order valence-electron chi connectivity index (χ0n) is 12.0. The molecule has 1 aromatic heterocycles. The van der Waals surface area contributed by atoms with Crippen LogP contribution in [0.1, 0.15) is 5.56 Å². The van der Waals surface area contributed by atoms with E-state index in [4.69, 9.17) is 0 Å². The molecule has 2 aromatic carbocycles. The Morgan fingerprint density at radius 1 is 1.05 bits per heavy atom. The number of benzene rings is 2. The molecule has 3 aromatic rings. The second kappa shape index (κ2) is 5.89. The molecule has 110 valence electrons. The average Bonchev–Trinajstić information content (AvgIpc) is 2.55. The van der Waals surface area contributed by atoms with E-state index < -0.39 is 0 Å². The van der Waals surface area contributed by atoms with Gasteiger partial charge in [0, 0.05) is 25.1 Å². The molecule has 0 saturated carbocycles. The van der Waals surface area contributed by atoms with Gasteiger partial charge in [0.1, 0.15) is 5.82 Å². The smallest absolute Gasteiger partial charge is 0.231 e. The van der Waals surface area contributed by atoms with E-state index in [0.717, 1.165) is 22.3 Å². The van der Waals surface area contributed by atoms with Crippen LogP contribution in [0.25, 0.3) is 11.0 Å². The van der Waals surface area contributed by atoms with Gasteiger partial charge in [0.05, 0.1) is 17.5 Å². The van der Waals surface area contributed by atoms with Gasteiger partial charge >= 0.3 is 0 Å². The average molecular weight is 295 g/mol. The molecule has 1 amide bonds. The van der Waals surface area contributed by atoms with Crippen LogP contribution in [0.3, 0.4) is 0 Å². The number of hydrogen-bond donors (Lipinski definition) is 0. The molecule has 3 rings (SSSR count). The van der Waals surface area contributed by atoms with E-state index >= 15 is 0 Å². The summed E-state index contributed by atoms with van der Waals surface area (Å²) >= 11 is 0. The molecule has 22 heavy (non-hydrogen) atoms. The molecule has 4 nitrogen and oxygen atoms in total. The van der Waals surface area contributed by atoms with Crippen LogP contribution >= 0.6 is 0 Å². The van der Waals surface area contributed by atoms with Gasteiger partial charge in [0.25, 0.3) is 0 Å². The van der Waals surface area contributed by atoms with Crippen LogP contribution < -0.4 is 4.90 Å². The zero-order chi connectivity index (χ0) is 15.5. The standard InChI is InChI=1S/C17H14FN3O/c1-21(17(22)10-12-2-4-13(18)5-3-12)14-6-7-15-16(11-14)20-9-8-19-15/h2-9,11H,10H2,1H3. The fourth-order valence-electron chi connectivity index (χ4n) is 2.20. The topological polar surface area (TPSA) is 46.1 Å². The molecule has 0 spiro atoms. The number of carbonyl (C=O) groups is 1. The minimum absolute atomic E-state index is 0.0742. The number of rotatable bonds is 3. The highest BCUT2D eigenvalue weighted by atomic mass is 19.1. The van der Waals surface area contributed by atoms with Crippen LogP contribution in [0.5, 0.6) is 0 Å². The molecule has 0 aliphatic carbocycles. The summed E-state index contributed by atoms with van der Waals surface area (Å²) < 4.78 is 12.9. The van der Waals surface area contributed by atoms with Crippen molar-refractivity contribution in [3.8, 4) is 0 Å². The normalized spacial score (nSPS) is 10.6. The van der Waals surface area contributed by atoms with Crippen molar-refractivity contribution in [1.82, 2.24) is 9.97 Å². The summed E-state index contributed by atoms with van der Waals surface area (Å²) in [6, 6.07) is 11.4. The monoisotopic (exact) mass is 295 g/mol. The van der Waals surface area contributed by atoms with Crippen LogP contribution in [-0.2, 0) is 11.2 Å². The van der Waals surface area contributed by atoms with Crippen LogP contribution in [0.2, 0.25) is 0 Å². The highest BCUT2D eigenvalue weighted by Gasteiger charge is 2.12. The second-order valence-corrected chi connectivity index (χ2v) is 4.99. The van der Waals surface area contributed by atoms with E-state index in [9.17, 15) is 9.18 Å². The van der Waals surface area contributed by atoms with Gasteiger partial charge in [0.2, 0.25) is 5.91 Å². The quantitative estimate of drug-likeness (QED) is 0.746. The number of nitrogens with zero attached hydrogens (tertiary/aromatic N) is 3. The van der Waals surface area contributed by atoms with Crippen molar-refractivity contribution in [1.29, 1.82) is 0 Å². The maximum atomic E-state index is 12.9. The number of anilines is 1. The number of fused-ring (bicyclic) bond motifs is 1. The fourth-order valence-corrected chi connectivity index (χ4v) is 2.20. The molecule has 0 unspecified atom stereocenters. The molecule has 5 heteroatoms. The Hall–Kier alpha value is -2.82. The van der Waals surface area contributed by atoms with Gasteiger partial charge in [-0.1, -0.05) is 12.1 Å². The van der Waals surface area contributed by atoms with E-state index in [1.807, 2.05) is 18.2 Å². The van der Waals surface area contributed by atoms with Gasteiger partial charge in [-0.15, -0.1) is 0 Å². The minimum atomic E-state index is -0.308. The molecular formula is C17H14FN3O. The van der Waals surface area contributed by atoms with E-state index in [2.05, 4.69) is 9.97 Å². The Balaban J connectivity index is 1.80. The maximum absolute atomic E-state index is 12.9. The largest absolute Gasteiger partial charge is 0.315 e. The number of aromatic nitrogens is 2. The molecule has 0 atom stereocenters. The van der Waals surface area contributed by atoms with Gasteiger partial charge in [-0.3, -0.25) is 14.8 Å². The molecule has 0 radical (unpaired) electrons. The Morgan fingerprint density at radius 3 is 2.45 bits per heavy atom. The molecule has 0 fully saturated rings. The lowest BCUT2D eigenvalue weighted by molar-refractivity contribution is -0.117. The van der Waals surface area contributed by atoms with Crippen LogP contribution in [-0.4, -0.2) is 22.9 Å². The highest BCUT2D eigenvalue weighted by Crippen LogP contribution is 2.19. The second-order valence-electron chi connectivity index (χ2n) is 4.99. The van der Waals surface area contributed by atoms with Gasteiger partial charge in [-0.2, -0.15) is 0 Å². The number of amides is 1. The first-order valence-corrected chi connectivity index (χ1v) is 6.85. The van der Waals surface area contributed by atoms with Crippen molar-refractivity contribution in [2.24, 2.45) is 0 Å². The van der Waals surface area contributed by atoms with Crippen molar-refractivity contribution in [2.75, 3.05) is 11.9 Å². The lowest BCUT2D eigenvalue weighted by Gasteiger charge is -2.17. The van der Waals surface area contributed by atoms with Crippen LogP contribution in [0, 0.1) is 5.82 Å². The predicted octanol–water partition coefficient (Wildman–Crippen LogP) is 2.97. The maximum Gasteiger partial charge on any atom is 0.231 e.